The topological polar surface area (TPSA) is 29.9 Å². The fraction of sp³-hybridized carbons (Fsp3) is 0.500. The number of hydrogen-bond donors (Lipinski definition) is 1. The Bertz CT molecular complexity index is 586. The van der Waals surface area contributed by atoms with Gasteiger partial charge in [0.2, 0.25) is 0 Å². The molecule has 1 atom stereocenters. The lowest BCUT2D eigenvalue weighted by molar-refractivity contribution is 0.464. The van der Waals surface area contributed by atoms with E-state index in [4.69, 9.17) is 0 Å². The summed E-state index contributed by atoms with van der Waals surface area (Å²) < 4.78 is 2.37. The highest BCUT2D eigenvalue weighted by Gasteiger charge is 2.22. The predicted molar refractivity (Wildman–Crippen MR) is 86.3 cm³/mol. The van der Waals surface area contributed by atoms with Crippen molar-refractivity contribution in [3.8, 4) is 0 Å². The van der Waals surface area contributed by atoms with Gasteiger partial charge in [-0.1, -0.05) is 38.1 Å². The second-order valence-electron chi connectivity index (χ2n) is 6.42. The van der Waals surface area contributed by atoms with Crippen LogP contribution in [0.5, 0.6) is 0 Å². The van der Waals surface area contributed by atoms with Gasteiger partial charge < -0.3 is 9.88 Å². The molecule has 3 nitrogen and oxygen atoms in total. The minimum atomic E-state index is 0.452. The van der Waals surface area contributed by atoms with Crippen LogP contribution in [-0.4, -0.2) is 16.1 Å². The van der Waals surface area contributed by atoms with Crippen LogP contribution < -0.4 is 5.32 Å². The second-order valence-corrected chi connectivity index (χ2v) is 6.42. The van der Waals surface area contributed by atoms with Gasteiger partial charge in [-0.3, -0.25) is 0 Å². The monoisotopic (exact) mass is 283 g/mol. The van der Waals surface area contributed by atoms with E-state index in [0.717, 1.165) is 13.1 Å². The molecule has 1 aromatic carbocycles. The van der Waals surface area contributed by atoms with Crippen LogP contribution in [0, 0.1) is 5.92 Å². The van der Waals surface area contributed by atoms with E-state index < -0.39 is 0 Å². The minimum absolute atomic E-state index is 0.452. The summed E-state index contributed by atoms with van der Waals surface area (Å²) in [6.45, 7) is 6.42. The molecule has 0 saturated carbocycles. The Hall–Kier alpha value is -1.61. The van der Waals surface area contributed by atoms with Crippen molar-refractivity contribution in [3.63, 3.8) is 0 Å². The Balaban J connectivity index is 1.80. The maximum absolute atomic E-state index is 4.39. The molecule has 112 valence electrons. The number of aryl methyl sites for hydroxylation is 1. The molecule has 0 saturated heterocycles. The average molecular weight is 283 g/mol. The van der Waals surface area contributed by atoms with Crippen molar-refractivity contribution in [2.24, 2.45) is 5.92 Å². The van der Waals surface area contributed by atoms with Gasteiger partial charge in [-0.25, -0.2) is 4.98 Å². The number of imidazole rings is 1. The molecule has 3 heteroatoms. The number of aromatic nitrogens is 2. The highest BCUT2D eigenvalue weighted by molar-refractivity contribution is 5.33. The zero-order valence-electron chi connectivity index (χ0n) is 13.0. The summed E-state index contributed by atoms with van der Waals surface area (Å²) in [6, 6.07) is 9.32. The van der Waals surface area contributed by atoms with E-state index in [1.54, 1.807) is 0 Å². The fourth-order valence-electron chi connectivity index (χ4n) is 3.26. The van der Waals surface area contributed by atoms with E-state index in [0.29, 0.717) is 12.0 Å². The predicted octanol–water partition coefficient (Wildman–Crippen LogP) is 3.55. The van der Waals surface area contributed by atoms with Crippen molar-refractivity contribution >= 4 is 0 Å². The zero-order chi connectivity index (χ0) is 14.7. The summed E-state index contributed by atoms with van der Waals surface area (Å²) >= 11 is 0. The Labute approximate surface area is 127 Å². The summed E-state index contributed by atoms with van der Waals surface area (Å²) in [5.41, 5.74) is 4.27. The third kappa shape index (κ3) is 3.18. The first-order chi connectivity index (χ1) is 10.3. The van der Waals surface area contributed by atoms with Crippen LogP contribution in [0.1, 0.15) is 49.6 Å². The van der Waals surface area contributed by atoms with Crippen molar-refractivity contribution in [3.05, 3.63) is 53.6 Å². The van der Waals surface area contributed by atoms with Crippen LogP contribution in [0.4, 0.5) is 0 Å². The molecular formula is C18H25N3. The van der Waals surface area contributed by atoms with Gasteiger partial charge in [-0.15, -0.1) is 0 Å². The molecule has 0 amide bonds. The van der Waals surface area contributed by atoms with Crippen molar-refractivity contribution in [2.75, 3.05) is 6.54 Å². The third-order valence-corrected chi connectivity index (χ3v) is 4.28. The van der Waals surface area contributed by atoms with Crippen LogP contribution in [-0.2, 0) is 13.0 Å². The lowest BCUT2D eigenvalue weighted by Crippen LogP contribution is -2.23. The molecule has 1 heterocycles. The second kappa shape index (κ2) is 6.44. The molecule has 0 aliphatic heterocycles. The summed E-state index contributed by atoms with van der Waals surface area (Å²) in [6.07, 6.45) is 7.69. The third-order valence-electron chi connectivity index (χ3n) is 4.28. The van der Waals surface area contributed by atoms with Crippen molar-refractivity contribution in [2.45, 2.75) is 45.7 Å². The average Bonchev–Trinajstić information content (AvgIpc) is 2.94. The molecule has 0 bridgehead atoms. The number of nitrogens with zero attached hydrogens (tertiary/aromatic N) is 2. The maximum Gasteiger partial charge on any atom is 0.0954 e. The van der Waals surface area contributed by atoms with Crippen LogP contribution >= 0.6 is 0 Å². The smallest absolute Gasteiger partial charge is 0.0954 e. The van der Waals surface area contributed by atoms with Crippen molar-refractivity contribution in [1.82, 2.24) is 14.9 Å². The Morgan fingerprint density at radius 1 is 1.33 bits per heavy atom. The van der Waals surface area contributed by atoms with E-state index in [9.17, 15) is 0 Å². The summed E-state index contributed by atoms with van der Waals surface area (Å²) in [5, 5.41) is 3.53. The largest absolute Gasteiger partial charge is 0.326 e. The molecular weight excluding hydrogens is 258 g/mol. The zero-order valence-corrected chi connectivity index (χ0v) is 13.0. The van der Waals surface area contributed by atoms with Gasteiger partial charge in [0.05, 0.1) is 18.1 Å². The highest BCUT2D eigenvalue weighted by Crippen LogP contribution is 2.33. The molecule has 1 aliphatic carbocycles. The van der Waals surface area contributed by atoms with E-state index in [1.807, 2.05) is 12.5 Å². The quantitative estimate of drug-likeness (QED) is 0.909. The van der Waals surface area contributed by atoms with Crippen molar-refractivity contribution < 1.29 is 0 Å². The molecule has 21 heavy (non-hydrogen) atoms. The minimum Gasteiger partial charge on any atom is -0.326 e. The summed E-state index contributed by atoms with van der Waals surface area (Å²) in [4.78, 5) is 4.39. The van der Waals surface area contributed by atoms with Gasteiger partial charge in [0.15, 0.2) is 0 Å². The molecule has 0 spiro atoms. The normalized spacial score (nSPS) is 18.0. The number of benzene rings is 1. The first-order valence-electron chi connectivity index (χ1n) is 8.05. The Morgan fingerprint density at radius 3 is 3.05 bits per heavy atom. The molecule has 1 aliphatic rings. The van der Waals surface area contributed by atoms with E-state index in [2.05, 4.69) is 53.0 Å². The van der Waals surface area contributed by atoms with E-state index in [1.165, 1.54) is 36.1 Å². The van der Waals surface area contributed by atoms with E-state index in [-0.39, 0.29) is 0 Å². The number of rotatable bonds is 5. The summed E-state index contributed by atoms with van der Waals surface area (Å²) in [5.74, 6) is 0.678. The van der Waals surface area contributed by atoms with Crippen LogP contribution in [0.3, 0.4) is 0 Å². The highest BCUT2D eigenvalue weighted by atomic mass is 15.1. The molecule has 3 rings (SSSR count). The van der Waals surface area contributed by atoms with Crippen molar-refractivity contribution in [1.29, 1.82) is 0 Å². The van der Waals surface area contributed by atoms with E-state index >= 15 is 0 Å². The van der Waals surface area contributed by atoms with Crippen LogP contribution in [0.2, 0.25) is 0 Å². The fourth-order valence-corrected chi connectivity index (χ4v) is 3.26. The maximum atomic E-state index is 4.39. The SMILES string of the molecule is CC(C)CNCc1cncn1C1CCCc2ccccc21. The molecule has 1 N–H and O–H groups in total. The lowest BCUT2D eigenvalue weighted by Gasteiger charge is -2.28. The first kappa shape index (κ1) is 14.3. The van der Waals surface area contributed by atoms with Gasteiger partial charge in [-0.05, 0) is 42.9 Å². The Kier molecular flexibility index (Phi) is 4.39. The lowest BCUT2D eigenvalue weighted by atomic mass is 9.87. The number of hydrogen-bond acceptors (Lipinski definition) is 2. The summed E-state index contributed by atoms with van der Waals surface area (Å²) in [7, 11) is 0. The molecule has 0 fully saturated rings. The molecule has 2 aromatic rings. The standard InChI is InChI=1S/C18H25N3/c1-14(2)10-19-11-16-12-20-13-21(16)18-9-5-7-15-6-3-4-8-17(15)18/h3-4,6,8,12-14,18-19H,5,7,9-11H2,1-2H3. The van der Waals surface area contributed by atoms with Gasteiger partial charge in [0.1, 0.15) is 0 Å². The van der Waals surface area contributed by atoms with Crippen LogP contribution in [0.15, 0.2) is 36.8 Å². The Morgan fingerprint density at radius 2 is 2.19 bits per heavy atom. The number of nitrogens with one attached hydrogen (secondary N) is 1. The molecule has 1 unspecified atom stereocenters. The first-order valence-corrected chi connectivity index (χ1v) is 8.05. The number of fused-ring (bicyclic) bond motifs is 1. The van der Waals surface area contributed by atoms with Gasteiger partial charge in [0.25, 0.3) is 0 Å². The van der Waals surface area contributed by atoms with Gasteiger partial charge in [-0.2, -0.15) is 0 Å². The van der Waals surface area contributed by atoms with Crippen LogP contribution in [0.25, 0.3) is 0 Å². The molecule has 0 radical (unpaired) electrons. The van der Waals surface area contributed by atoms with Gasteiger partial charge in [0, 0.05) is 12.7 Å². The van der Waals surface area contributed by atoms with Gasteiger partial charge >= 0.3 is 0 Å². The molecule has 1 aromatic heterocycles.